The van der Waals surface area contributed by atoms with Crippen molar-refractivity contribution in [2.45, 2.75) is 38.0 Å². The Labute approximate surface area is 128 Å². The summed E-state index contributed by atoms with van der Waals surface area (Å²) in [5, 5.41) is 5.24. The first-order valence-corrected chi connectivity index (χ1v) is 8.69. The van der Waals surface area contributed by atoms with Gasteiger partial charge in [0, 0.05) is 18.1 Å². The van der Waals surface area contributed by atoms with Crippen molar-refractivity contribution in [1.82, 2.24) is 0 Å². The van der Waals surface area contributed by atoms with Crippen molar-refractivity contribution >= 4 is 21.3 Å². The zero-order valence-corrected chi connectivity index (χ0v) is 12.8. The summed E-state index contributed by atoms with van der Waals surface area (Å²) >= 11 is 0. The van der Waals surface area contributed by atoms with Gasteiger partial charge in [0.15, 0.2) is 5.43 Å². The van der Waals surface area contributed by atoms with Gasteiger partial charge in [0.1, 0.15) is 17.1 Å². The van der Waals surface area contributed by atoms with E-state index in [0.29, 0.717) is 16.7 Å². The van der Waals surface area contributed by atoms with E-state index in [1.807, 2.05) is 0 Å². The largest absolute Gasteiger partial charge is 0.460 e. The number of hydrogen-bond acceptors (Lipinski definition) is 5. The third kappa shape index (κ3) is 3.31. The highest BCUT2D eigenvalue weighted by molar-refractivity contribution is 7.84. The molecule has 7 heteroatoms. The van der Waals surface area contributed by atoms with E-state index in [1.165, 1.54) is 24.6 Å². The smallest absolute Gasteiger partial charge is 0.380 e. The van der Waals surface area contributed by atoms with E-state index in [1.54, 1.807) is 6.07 Å². The van der Waals surface area contributed by atoms with Gasteiger partial charge in [-0.25, -0.2) is 0 Å². The first-order valence-electron chi connectivity index (χ1n) is 7.22. The van der Waals surface area contributed by atoms with Crippen LogP contribution in [0.5, 0.6) is 5.75 Å². The molecule has 0 atom stereocenters. The third-order valence-electron chi connectivity index (χ3n) is 3.94. The van der Waals surface area contributed by atoms with E-state index in [0.717, 1.165) is 25.7 Å². The molecule has 1 aromatic carbocycles. The lowest BCUT2D eigenvalue weighted by atomic mass is 9.87. The summed E-state index contributed by atoms with van der Waals surface area (Å²) in [5.41, 5.74) is 0.179. The molecule has 3 rings (SSSR count). The molecule has 0 bridgehead atoms. The quantitative estimate of drug-likeness (QED) is 0.935. The summed E-state index contributed by atoms with van der Waals surface area (Å²) in [7, 11) is -4.11. The predicted octanol–water partition coefficient (Wildman–Crippen LogP) is 2.42. The van der Waals surface area contributed by atoms with Gasteiger partial charge in [0.2, 0.25) is 0 Å². The second-order valence-electron chi connectivity index (χ2n) is 5.58. The fourth-order valence-corrected chi connectivity index (χ4v) is 3.30. The van der Waals surface area contributed by atoms with Crippen LogP contribution in [0.25, 0.3) is 11.0 Å². The average Bonchev–Trinajstić information content (AvgIpc) is 2.46. The SMILES string of the molecule is NS(=O)(=O)Oc1ccc2c(=O)cc(C3CCCCC3)oc2c1. The minimum Gasteiger partial charge on any atom is -0.460 e. The van der Waals surface area contributed by atoms with Crippen molar-refractivity contribution in [3.8, 4) is 5.75 Å². The lowest BCUT2D eigenvalue weighted by molar-refractivity contribution is 0.380. The zero-order chi connectivity index (χ0) is 15.7. The first-order chi connectivity index (χ1) is 10.4. The molecule has 1 saturated carbocycles. The molecule has 22 heavy (non-hydrogen) atoms. The van der Waals surface area contributed by atoms with Gasteiger partial charge in [-0.15, -0.1) is 0 Å². The molecule has 0 spiro atoms. The normalized spacial score (nSPS) is 16.8. The minimum absolute atomic E-state index is 0.0268. The molecule has 0 unspecified atom stereocenters. The van der Waals surface area contributed by atoms with Crippen molar-refractivity contribution < 1.29 is 17.0 Å². The lowest BCUT2D eigenvalue weighted by Crippen LogP contribution is -2.19. The molecular formula is C15H17NO5S. The van der Waals surface area contributed by atoms with Gasteiger partial charge in [-0.3, -0.25) is 4.79 Å². The van der Waals surface area contributed by atoms with Crippen LogP contribution >= 0.6 is 0 Å². The Kier molecular flexibility index (Phi) is 3.92. The van der Waals surface area contributed by atoms with E-state index < -0.39 is 10.3 Å². The molecule has 1 aromatic heterocycles. The number of nitrogens with two attached hydrogens (primary N) is 1. The first kappa shape index (κ1) is 15.1. The summed E-state index contributed by atoms with van der Waals surface area (Å²) < 4.78 is 32.4. The van der Waals surface area contributed by atoms with Crippen LogP contribution in [0.3, 0.4) is 0 Å². The van der Waals surface area contributed by atoms with Crippen molar-refractivity contribution in [3.05, 3.63) is 40.2 Å². The van der Waals surface area contributed by atoms with Crippen LogP contribution in [-0.2, 0) is 10.3 Å². The zero-order valence-electron chi connectivity index (χ0n) is 11.9. The number of hydrogen-bond donors (Lipinski definition) is 1. The van der Waals surface area contributed by atoms with E-state index in [-0.39, 0.29) is 17.1 Å². The maximum Gasteiger partial charge on any atom is 0.380 e. The van der Waals surface area contributed by atoms with Crippen molar-refractivity contribution in [2.75, 3.05) is 0 Å². The molecule has 2 N–H and O–H groups in total. The Hall–Kier alpha value is -1.86. The second kappa shape index (κ2) is 5.73. The standard InChI is InChI=1S/C15H17NO5S/c16-22(18,19)21-11-6-7-12-13(17)9-14(20-15(12)8-11)10-4-2-1-3-5-10/h6-10H,1-5H2,(H2,16,18,19). The molecule has 1 aliphatic carbocycles. The van der Waals surface area contributed by atoms with E-state index >= 15 is 0 Å². The molecule has 0 radical (unpaired) electrons. The van der Waals surface area contributed by atoms with Gasteiger partial charge in [0.05, 0.1) is 5.39 Å². The Bertz CT molecular complexity index is 850. The molecule has 0 aliphatic heterocycles. The summed E-state index contributed by atoms with van der Waals surface area (Å²) in [5.74, 6) is 0.928. The lowest BCUT2D eigenvalue weighted by Gasteiger charge is -2.20. The highest BCUT2D eigenvalue weighted by atomic mass is 32.2. The summed E-state index contributed by atoms with van der Waals surface area (Å²) in [4.78, 5) is 12.2. The highest BCUT2D eigenvalue weighted by Gasteiger charge is 2.19. The highest BCUT2D eigenvalue weighted by Crippen LogP contribution is 2.33. The Morgan fingerprint density at radius 3 is 2.55 bits per heavy atom. The summed E-state index contributed by atoms with van der Waals surface area (Å²) in [6.45, 7) is 0. The summed E-state index contributed by atoms with van der Waals surface area (Å²) in [6.07, 6.45) is 5.46. The van der Waals surface area contributed by atoms with Gasteiger partial charge in [-0.2, -0.15) is 13.6 Å². The predicted molar refractivity (Wildman–Crippen MR) is 82.0 cm³/mol. The van der Waals surface area contributed by atoms with E-state index in [9.17, 15) is 13.2 Å². The molecule has 0 amide bonds. The molecule has 1 fully saturated rings. The fraction of sp³-hybridized carbons (Fsp3) is 0.400. The van der Waals surface area contributed by atoms with Crippen LogP contribution in [0.1, 0.15) is 43.8 Å². The van der Waals surface area contributed by atoms with E-state index in [2.05, 4.69) is 4.18 Å². The van der Waals surface area contributed by atoms with Gasteiger partial charge in [0.25, 0.3) is 0 Å². The number of benzene rings is 1. The van der Waals surface area contributed by atoms with Crippen LogP contribution in [-0.4, -0.2) is 8.42 Å². The maximum absolute atomic E-state index is 12.2. The minimum atomic E-state index is -4.11. The topological polar surface area (TPSA) is 99.6 Å². The summed E-state index contributed by atoms with van der Waals surface area (Å²) in [6, 6.07) is 5.78. The number of rotatable bonds is 3. The van der Waals surface area contributed by atoms with E-state index in [4.69, 9.17) is 9.56 Å². The van der Waals surface area contributed by atoms with Gasteiger partial charge < -0.3 is 8.60 Å². The van der Waals surface area contributed by atoms with Gasteiger partial charge >= 0.3 is 10.3 Å². The maximum atomic E-state index is 12.2. The fourth-order valence-electron chi connectivity index (χ4n) is 2.93. The molecule has 6 nitrogen and oxygen atoms in total. The van der Waals surface area contributed by atoms with Crippen LogP contribution in [0, 0.1) is 0 Å². The van der Waals surface area contributed by atoms with Crippen molar-refractivity contribution in [3.63, 3.8) is 0 Å². The number of fused-ring (bicyclic) bond motifs is 1. The van der Waals surface area contributed by atoms with Crippen LogP contribution < -0.4 is 14.8 Å². The average molecular weight is 323 g/mol. The molecule has 1 aliphatic rings. The Morgan fingerprint density at radius 1 is 1.14 bits per heavy atom. The molecule has 2 aromatic rings. The molecule has 0 saturated heterocycles. The van der Waals surface area contributed by atoms with Crippen LogP contribution in [0.4, 0.5) is 0 Å². The monoisotopic (exact) mass is 323 g/mol. The second-order valence-corrected chi connectivity index (χ2v) is 6.73. The Morgan fingerprint density at radius 2 is 1.86 bits per heavy atom. The van der Waals surface area contributed by atoms with Crippen molar-refractivity contribution in [2.24, 2.45) is 5.14 Å². The molecular weight excluding hydrogens is 306 g/mol. The van der Waals surface area contributed by atoms with Gasteiger partial charge in [-0.05, 0) is 25.0 Å². The van der Waals surface area contributed by atoms with Crippen molar-refractivity contribution in [1.29, 1.82) is 0 Å². The Balaban J connectivity index is 2.04. The van der Waals surface area contributed by atoms with Crippen LogP contribution in [0.15, 0.2) is 33.5 Å². The third-order valence-corrected chi connectivity index (χ3v) is 4.36. The van der Waals surface area contributed by atoms with Crippen LogP contribution in [0.2, 0.25) is 0 Å². The molecule has 118 valence electrons. The van der Waals surface area contributed by atoms with Gasteiger partial charge in [-0.1, -0.05) is 19.3 Å². The molecule has 1 heterocycles.